The van der Waals surface area contributed by atoms with Crippen LogP contribution >= 0.6 is 23.1 Å². The van der Waals surface area contributed by atoms with Crippen molar-refractivity contribution < 1.29 is 4.79 Å². The van der Waals surface area contributed by atoms with Crippen LogP contribution in [0.1, 0.15) is 38.9 Å². The fourth-order valence-corrected chi connectivity index (χ4v) is 5.88. The molecule has 0 unspecified atom stereocenters. The zero-order valence-corrected chi connectivity index (χ0v) is 19.6. The number of hydrogen-bond acceptors (Lipinski definition) is 7. The monoisotopic (exact) mass is 463 g/mol. The van der Waals surface area contributed by atoms with Crippen molar-refractivity contribution in [2.24, 2.45) is 0 Å². The van der Waals surface area contributed by atoms with Crippen molar-refractivity contribution in [3.63, 3.8) is 0 Å². The SMILES string of the molecule is Cc1cc(C)nc(Sc2ccc(NC(=O)c3sc4nc5n(c(=O)c4c3C)CCC5)cc2)n1. The summed E-state index contributed by atoms with van der Waals surface area (Å²) in [7, 11) is 0. The van der Waals surface area contributed by atoms with E-state index in [1.807, 2.05) is 51.1 Å². The number of carbonyl (C=O) groups excluding carboxylic acids is 1. The number of aryl methyl sites for hydroxylation is 4. The van der Waals surface area contributed by atoms with Crippen molar-refractivity contribution in [3.05, 3.63) is 68.3 Å². The van der Waals surface area contributed by atoms with Gasteiger partial charge in [0.15, 0.2) is 5.16 Å². The molecule has 0 fully saturated rings. The molecule has 7 nitrogen and oxygen atoms in total. The Morgan fingerprint density at radius 3 is 2.53 bits per heavy atom. The molecule has 4 aromatic rings. The van der Waals surface area contributed by atoms with Crippen molar-refractivity contribution in [1.29, 1.82) is 0 Å². The molecule has 162 valence electrons. The number of carbonyl (C=O) groups is 1. The number of nitrogens with zero attached hydrogens (tertiary/aromatic N) is 4. The van der Waals surface area contributed by atoms with Crippen molar-refractivity contribution >= 4 is 44.9 Å². The van der Waals surface area contributed by atoms with Gasteiger partial charge in [-0.05, 0) is 74.8 Å². The zero-order valence-electron chi connectivity index (χ0n) is 17.9. The standard InChI is InChI=1S/C23H21N5O2S2/c1-12-11-13(2)25-23(24-12)31-16-8-6-15(7-9-16)26-20(29)19-14(3)18-21(32-19)27-17-5-4-10-28(17)22(18)30/h6-9,11H,4-5,10H2,1-3H3,(H,26,29). The van der Waals surface area contributed by atoms with Gasteiger partial charge >= 0.3 is 0 Å². The molecule has 1 aliphatic rings. The molecule has 1 aromatic carbocycles. The van der Waals surface area contributed by atoms with Gasteiger partial charge in [0.1, 0.15) is 10.7 Å². The van der Waals surface area contributed by atoms with Gasteiger partial charge in [-0.1, -0.05) is 0 Å². The molecule has 0 radical (unpaired) electrons. The Kier molecular flexibility index (Phi) is 5.30. The minimum atomic E-state index is -0.229. The maximum absolute atomic E-state index is 13.0. The Bertz CT molecular complexity index is 1400. The van der Waals surface area contributed by atoms with E-state index in [1.165, 1.54) is 23.1 Å². The second-order valence-electron chi connectivity index (χ2n) is 7.84. The molecule has 0 spiro atoms. The highest BCUT2D eigenvalue weighted by Crippen LogP contribution is 2.30. The Labute approximate surface area is 193 Å². The number of fused-ring (bicyclic) bond motifs is 2. The molecule has 5 rings (SSSR count). The van der Waals surface area contributed by atoms with Crippen LogP contribution in [-0.2, 0) is 13.0 Å². The van der Waals surface area contributed by atoms with Crippen molar-refractivity contribution in [1.82, 2.24) is 19.5 Å². The van der Waals surface area contributed by atoms with Crippen LogP contribution in [0, 0.1) is 20.8 Å². The smallest absolute Gasteiger partial charge is 0.266 e. The summed E-state index contributed by atoms with van der Waals surface area (Å²) in [5, 5.41) is 4.20. The second-order valence-corrected chi connectivity index (χ2v) is 9.88. The fraction of sp³-hybridized carbons (Fsp3) is 0.261. The maximum atomic E-state index is 13.0. The largest absolute Gasteiger partial charge is 0.321 e. The topological polar surface area (TPSA) is 89.8 Å². The Morgan fingerprint density at radius 1 is 1.09 bits per heavy atom. The van der Waals surface area contributed by atoms with Crippen LogP contribution in [0.25, 0.3) is 10.2 Å². The van der Waals surface area contributed by atoms with Crippen LogP contribution in [0.5, 0.6) is 0 Å². The molecule has 0 saturated heterocycles. The molecule has 9 heteroatoms. The van der Waals surface area contributed by atoms with Gasteiger partial charge in [-0.2, -0.15) is 0 Å². The number of thiophene rings is 1. The van der Waals surface area contributed by atoms with E-state index in [2.05, 4.69) is 20.3 Å². The van der Waals surface area contributed by atoms with E-state index in [-0.39, 0.29) is 11.5 Å². The van der Waals surface area contributed by atoms with Crippen LogP contribution in [0.4, 0.5) is 5.69 Å². The predicted octanol–water partition coefficient (Wildman–Crippen LogP) is 4.52. The Balaban J connectivity index is 1.36. The van der Waals surface area contributed by atoms with Gasteiger partial charge in [-0.3, -0.25) is 14.2 Å². The highest BCUT2D eigenvalue weighted by atomic mass is 32.2. The van der Waals surface area contributed by atoms with Crippen LogP contribution in [0.3, 0.4) is 0 Å². The third kappa shape index (κ3) is 3.82. The molecule has 1 N–H and O–H groups in total. The van der Waals surface area contributed by atoms with E-state index >= 15 is 0 Å². The van der Waals surface area contributed by atoms with E-state index < -0.39 is 0 Å². The van der Waals surface area contributed by atoms with Gasteiger partial charge in [0.25, 0.3) is 11.5 Å². The first kappa shape index (κ1) is 20.8. The molecule has 3 aromatic heterocycles. The van der Waals surface area contributed by atoms with Gasteiger partial charge in [-0.25, -0.2) is 15.0 Å². The van der Waals surface area contributed by atoms with Crippen molar-refractivity contribution in [2.75, 3.05) is 5.32 Å². The number of benzene rings is 1. The summed E-state index contributed by atoms with van der Waals surface area (Å²) in [5.74, 6) is 0.588. The molecule has 0 aliphatic carbocycles. The maximum Gasteiger partial charge on any atom is 0.266 e. The van der Waals surface area contributed by atoms with E-state index in [0.717, 1.165) is 34.9 Å². The van der Waals surface area contributed by atoms with Gasteiger partial charge < -0.3 is 5.32 Å². The van der Waals surface area contributed by atoms with E-state index in [9.17, 15) is 9.59 Å². The molecular weight excluding hydrogens is 442 g/mol. The van der Waals surface area contributed by atoms with E-state index in [0.29, 0.717) is 38.0 Å². The van der Waals surface area contributed by atoms with Crippen LogP contribution < -0.4 is 10.9 Å². The van der Waals surface area contributed by atoms with Gasteiger partial charge in [0.05, 0.1) is 10.3 Å². The van der Waals surface area contributed by atoms with Crippen molar-refractivity contribution in [3.8, 4) is 0 Å². The van der Waals surface area contributed by atoms with Gasteiger partial charge in [-0.15, -0.1) is 11.3 Å². The number of hydrogen-bond donors (Lipinski definition) is 1. The number of anilines is 1. The minimum Gasteiger partial charge on any atom is -0.321 e. The van der Waals surface area contributed by atoms with E-state index in [1.54, 1.807) is 4.57 Å². The highest BCUT2D eigenvalue weighted by molar-refractivity contribution is 7.99. The lowest BCUT2D eigenvalue weighted by atomic mass is 10.2. The summed E-state index contributed by atoms with van der Waals surface area (Å²) in [6, 6.07) is 9.51. The lowest BCUT2D eigenvalue weighted by Crippen LogP contribution is -2.20. The van der Waals surface area contributed by atoms with Gasteiger partial charge in [0, 0.05) is 34.9 Å². The average Bonchev–Trinajstić information content (AvgIpc) is 3.34. The summed E-state index contributed by atoms with van der Waals surface area (Å²) in [6.07, 6.45) is 1.75. The lowest BCUT2D eigenvalue weighted by molar-refractivity contribution is 0.103. The van der Waals surface area contributed by atoms with E-state index in [4.69, 9.17) is 0 Å². The Morgan fingerprint density at radius 2 is 1.81 bits per heavy atom. The summed E-state index contributed by atoms with van der Waals surface area (Å²) >= 11 is 2.76. The van der Waals surface area contributed by atoms with Crippen molar-refractivity contribution in [2.45, 2.75) is 50.2 Å². The van der Waals surface area contributed by atoms with Crippen LogP contribution in [-0.4, -0.2) is 25.4 Å². The summed E-state index contributed by atoms with van der Waals surface area (Å²) < 4.78 is 1.74. The molecular formula is C23H21N5O2S2. The predicted molar refractivity (Wildman–Crippen MR) is 127 cm³/mol. The number of amides is 1. The molecule has 1 aliphatic heterocycles. The third-order valence-electron chi connectivity index (χ3n) is 5.40. The minimum absolute atomic E-state index is 0.0368. The fourth-order valence-electron chi connectivity index (χ4n) is 3.93. The third-order valence-corrected chi connectivity index (χ3v) is 7.46. The van der Waals surface area contributed by atoms with Gasteiger partial charge in [0.2, 0.25) is 0 Å². The quantitative estimate of drug-likeness (QED) is 0.448. The Hall–Kier alpha value is -3.04. The molecule has 4 heterocycles. The molecule has 0 bridgehead atoms. The summed E-state index contributed by atoms with van der Waals surface area (Å²) in [5.41, 5.74) is 3.21. The zero-order chi connectivity index (χ0) is 22.4. The number of aromatic nitrogens is 4. The molecule has 0 saturated carbocycles. The number of rotatable bonds is 4. The highest BCUT2D eigenvalue weighted by Gasteiger charge is 2.23. The number of nitrogens with one attached hydrogen (secondary N) is 1. The first-order valence-electron chi connectivity index (χ1n) is 10.3. The normalized spacial score (nSPS) is 12.8. The lowest BCUT2D eigenvalue weighted by Gasteiger charge is -2.06. The first-order chi connectivity index (χ1) is 15.4. The van der Waals surface area contributed by atoms with Crippen LogP contribution in [0.2, 0.25) is 0 Å². The first-order valence-corrected chi connectivity index (χ1v) is 12.0. The summed E-state index contributed by atoms with van der Waals surface area (Å²) in [6.45, 7) is 6.42. The summed E-state index contributed by atoms with van der Waals surface area (Å²) in [4.78, 5) is 41.5. The molecule has 32 heavy (non-hydrogen) atoms. The van der Waals surface area contributed by atoms with Crippen LogP contribution in [0.15, 0.2) is 45.2 Å². The molecule has 0 atom stereocenters. The molecule has 1 amide bonds. The average molecular weight is 464 g/mol. The second kappa shape index (κ2) is 8.14.